The molecule has 29 heavy (non-hydrogen) atoms. The number of likely N-dealkylation sites (tertiary alicyclic amines) is 1. The maximum Gasteiger partial charge on any atom is 0.199 e. The van der Waals surface area contributed by atoms with E-state index in [4.69, 9.17) is 10.3 Å². The van der Waals surface area contributed by atoms with Crippen molar-refractivity contribution in [3.63, 3.8) is 0 Å². The molecule has 148 valence electrons. The average molecular weight is 390 g/mol. The van der Waals surface area contributed by atoms with Crippen molar-refractivity contribution < 1.29 is 8.91 Å². The van der Waals surface area contributed by atoms with Gasteiger partial charge in [-0.3, -0.25) is 0 Å². The van der Waals surface area contributed by atoms with Crippen LogP contribution in [0.5, 0.6) is 0 Å². The molecule has 0 bridgehead atoms. The van der Waals surface area contributed by atoms with Gasteiger partial charge in [-0.15, -0.1) is 0 Å². The average Bonchev–Trinajstić information content (AvgIpc) is 3.21. The van der Waals surface area contributed by atoms with Crippen LogP contribution >= 0.6 is 0 Å². The highest BCUT2D eigenvalue weighted by Gasteiger charge is 2.13. The van der Waals surface area contributed by atoms with Gasteiger partial charge in [-0.2, -0.15) is 4.99 Å². The number of hydrogen-bond donors (Lipinski definition) is 1. The molecule has 0 radical (unpaired) electrons. The standard InChI is InChI=1S/C23H23FN4O/c24-21-15-17(10-12-20(21)18-7-3-1-4-8-18)9-11-19-16-22(27-29-19)26-23(25)28-13-5-2-6-14-28/h1,3-4,7-12,15-16H,2,5-6,13-14H2,(H2,25,26,27). The zero-order valence-corrected chi connectivity index (χ0v) is 16.1. The van der Waals surface area contributed by atoms with Gasteiger partial charge in [-0.1, -0.05) is 53.7 Å². The lowest BCUT2D eigenvalue weighted by Crippen LogP contribution is -2.40. The Bertz CT molecular complexity index is 1020. The first-order valence-corrected chi connectivity index (χ1v) is 9.78. The summed E-state index contributed by atoms with van der Waals surface area (Å²) < 4.78 is 19.8. The molecule has 0 unspecified atom stereocenters. The van der Waals surface area contributed by atoms with Gasteiger partial charge in [0, 0.05) is 24.7 Å². The third-order valence-electron chi connectivity index (χ3n) is 4.94. The van der Waals surface area contributed by atoms with E-state index in [-0.39, 0.29) is 5.82 Å². The maximum atomic E-state index is 14.5. The second-order valence-electron chi connectivity index (χ2n) is 7.04. The van der Waals surface area contributed by atoms with Gasteiger partial charge in [0.25, 0.3) is 0 Å². The van der Waals surface area contributed by atoms with Crippen LogP contribution in [0.3, 0.4) is 0 Å². The molecule has 2 N–H and O–H groups in total. The largest absolute Gasteiger partial charge is 0.369 e. The summed E-state index contributed by atoms with van der Waals surface area (Å²) in [6.45, 7) is 1.84. The SMILES string of the molecule is NC(=Nc1cc(C=Cc2ccc(-c3ccccc3)c(F)c2)on1)N1CCCCC1. The minimum atomic E-state index is -0.268. The number of piperidine rings is 1. The van der Waals surface area contributed by atoms with E-state index in [1.807, 2.05) is 36.4 Å². The molecule has 1 aliphatic heterocycles. The fourth-order valence-electron chi connectivity index (χ4n) is 3.39. The number of guanidine groups is 1. The van der Waals surface area contributed by atoms with Crippen molar-refractivity contribution >= 4 is 23.9 Å². The molecule has 6 heteroatoms. The minimum Gasteiger partial charge on any atom is -0.369 e. The van der Waals surface area contributed by atoms with Crippen LogP contribution in [0.25, 0.3) is 23.3 Å². The molecular weight excluding hydrogens is 367 g/mol. The third kappa shape index (κ3) is 4.71. The van der Waals surface area contributed by atoms with Gasteiger partial charge in [0.1, 0.15) is 5.82 Å². The quantitative estimate of drug-likeness (QED) is 0.498. The van der Waals surface area contributed by atoms with E-state index >= 15 is 0 Å². The van der Waals surface area contributed by atoms with E-state index in [0.717, 1.165) is 37.1 Å². The van der Waals surface area contributed by atoms with Crippen LogP contribution in [0.4, 0.5) is 10.2 Å². The number of aliphatic imine (C=N–C) groups is 1. The Balaban J connectivity index is 1.45. The molecule has 2 heterocycles. The number of rotatable bonds is 4. The number of nitrogens with zero attached hydrogens (tertiary/aromatic N) is 3. The summed E-state index contributed by atoms with van der Waals surface area (Å²) in [5.41, 5.74) is 8.23. The lowest BCUT2D eigenvalue weighted by Gasteiger charge is -2.27. The Hall–Kier alpha value is -3.41. The monoisotopic (exact) mass is 390 g/mol. The van der Waals surface area contributed by atoms with Crippen molar-refractivity contribution in [2.24, 2.45) is 10.7 Å². The summed E-state index contributed by atoms with van der Waals surface area (Å²) in [6.07, 6.45) is 7.00. The third-order valence-corrected chi connectivity index (χ3v) is 4.94. The maximum absolute atomic E-state index is 14.5. The number of nitrogens with two attached hydrogens (primary N) is 1. The zero-order chi connectivity index (χ0) is 20.1. The fraction of sp³-hybridized carbons (Fsp3) is 0.217. The summed E-state index contributed by atoms with van der Waals surface area (Å²) >= 11 is 0. The molecule has 0 atom stereocenters. The number of halogens is 1. The second kappa shape index (κ2) is 8.73. The molecule has 4 rings (SSSR count). The Morgan fingerprint density at radius 2 is 1.83 bits per heavy atom. The highest BCUT2D eigenvalue weighted by molar-refractivity contribution is 5.81. The van der Waals surface area contributed by atoms with Gasteiger partial charge in [0.2, 0.25) is 0 Å². The second-order valence-corrected chi connectivity index (χ2v) is 7.04. The molecule has 3 aromatic rings. The van der Waals surface area contributed by atoms with E-state index in [1.54, 1.807) is 24.3 Å². The van der Waals surface area contributed by atoms with E-state index in [9.17, 15) is 4.39 Å². The summed E-state index contributed by atoms with van der Waals surface area (Å²) in [5, 5.41) is 3.94. The topological polar surface area (TPSA) is 67.6 Å². The first-order chi connectivity index (χ1) is 14.2. The zero-order valence-electron chi connectivity index (χ0n) is 16.1. The Kier molecular flexibility index (Phi) is 5.70. The van der Waals surface area contributed by atoms with Gasteiger partial charge in [-0.05, 0) is 42.5 Å². The van der Waals surface area contributed by atoms with Gasteiger partial charge in [-0.25, -0.2) is 4.39 Å². The first kappa shape index (κ1) is 18.9. The molecule has 5 nitrogen and oxygen atoms in total. The lowest BCUT2D eigenvalue weighted by molar-refractivity contribution is 0.339. The molecule has 0 aliphatic carbocycles. The van der Waals surface area contributed by atoms with Crippen molar-refractivity contribution in [2.75, 3.05) is 13.1 Å². The molecule has 1 aliphatic rings. The van der Waals surface area contributed by atoms with Gasteiger partial charge >= 0.3 is 0 Å². The van der Waals surface area contributed by atoms with E-state index in [2.05, 4.69) is 15.0 Å². The molecule has 1 aromatic heterocycles. The van der Waals surface area contributed by atoms with Gasteiger partial charge in [0.15, 0.2) is 17.5 Å². The Morgan fingerprint density at radius 1 is 1.03 bits per heavy atom. The first-order valence-electron chi connectivity index (χ1n) is 9.78. The number of aromatic nitrogens is 1. The predicted molar refractivity (Wildman–Crippen MR) is 114 cm³/mol. The minimum absolute atomic E-state index is 0.268. The van der Waals surface area contributed by atoms with E-state index in [1.165, 1.54) is 12.5 Å². The van der Waals surface area contributed by atoms with Crippen molar-refractivity contribution in [1.29, 1.82) is 0 Å². The smallest absolute Gasteiger partial charge is 0.199 e. The summed E-state index contributed by atoms with van der Waals surface area (Å²) in [5.74, 6) is 1.16. The summed E-state index contributed by atoms with van der Waals surface area (Å²) in [6, 6.07) is 16.3. The van der Waals surface area contributed by atoms with Crippen LogP contribution in [0.1, 0.15) is 30.6 Å². The molecule has 2 aromatic carbocycles. The van der Waals surface area contributed by atoms with Crippen LogP contribution < -0.4 is 5.73 Å². The molecule has 0 spiro atoms. The van der Waals surface area contributed by atoms with E-state index < -0.39 is 0 Å². The molecular formula is C23H23FN4O. The van der Waals surface area contributed by atoms with Crippen molar-refractivity contribution in [3.8, 4) is 11.1 Å². The Morgan fingerprint density at radius 3 is 2.59 bits per heavy atom. The van der Waals surface area contributed by atoms with Gasteiger partial charge < -0.3 is 15.2 Å². The van der Waals surface area contributed by atoms with Crippen molar-refractivity contribution in [1.82, 2.24) is 10.1 Å². The summed E-state index contributed by atoms with van der Waals surface area (Å²) in [7, 11) is 0. The van der Waals surface area contributed by atoms with Crippen molar-refractivity contribution in [3.05, 3.63) is 71.7 Å². The van der Waals surface area contributed by atoms with Crippen LogP contribution in [0, 0.1) is 5.82 Å². The summed E-state index contributed by atoms with van der Waals surface area (Å²) in [4.78, 5) is 6.40. The fourth-order valence-corrected chi connectivity index (χ4v) is 3.39. The predicted octanol–water partition coefficient (Wildman–Crippen LogP) is 5.08. The molecule has 0 saturated carbocycles. The van der Waals surface area contributed by atoms with Crippen LogP contribution in [0.15, 0.2) is 64.1 Å². The van der Waals surface area contributed by atoms with Gasteiger partial charge in [0.05, 0.1) is 0 Å². The highest BCUT2D eigenvalue weighted by Crippen LogP contribution is 2.24. The van der Waals surface area contributed by atoms with Crippen molar-refractivity contribution in [2.45, 2.75) is 19.3 Å². The highest BCUT2D eigenvalue weighted by atomic mass is 19.1. The van der Waals surface area contributed by atoms with Crippen LogP contribution in [-0.2, 0) is 0 Å². The lowest BCUT2D eigenvalue weighted by atomic mass is 10.0. The molecule has 0 amide bonds. The molecule has 1 fully saturated rings. The number of hydrogen-bond acceptors (Lipinski definition) is 3. The Labute approximate surface area is 169 Å². The number of benzene rings is 2. The normalized spacial score (nSPS) is 15.2. The van der Waals surface area contributed by atoms with Crippen LogP contribution in [-0.4, -0.2) is 29.1 Å². The van der Waals surface area contributed by atoms with E-state index in [0.29, 0.717) is 23.1 Å². The van der Waals surface area contributed by atoms with Crippen LogP contribution in [0.2, 0.25) is 0 Å². The molecule has 1 saturated heterocycles.